The summed E-state index contributed by atoms with van der Waals surface area (Å²) in [5, 5.41) is 8.05. The minimum atomic E-state index is -0.374. The van der Waals surface area contributed by atoms with Crippen LogP contribution in [0, 0.1) is 0 Å². The molecule has 0 aliphatic heterocycles. The van der Waals surface area contributed by atoms with E-state index < -0.39 is 0 Å². The highest BCUT2D eigenvalue weighted by molar-refractivity contribution is 8.03. The first-order chi connectivity index (χ1) is 11.1. The lowest BCUT2D eigenvalue weighted by Gasteiger charge is -2.33. The summed E-state index contributed by atoms with van der Waals surface area (Å²) in [5.74, 6) is 0.384. The first kappa shape index (κ1) is 18.5. The molecular weight excluding hydrogens is 352 g/mol. The SMILES string of the molecule is CCN(C(=O)CSc1nnc(SCC(N)=O)s1)C1CCCCC1. The molecule has 1 aromatic rings. The molecule has 2 rings (SSSR count). The molecule has 0 atom stereocenters. The number of thioether (sulfide) groups is 2. The highest BCUT2D eigenvalue weighted by Gasteiger charge is 2.24. The third-order valence-corrected chi connectivity index (χ3v) is 6.92. The summed E-state index contributed by atoms with van der Waals surface area (Å²) in [6.07, 6.45) is 5.97. The number of nitrogens with zero attached hydrogens (tertiary/aromatic N) is 3. The Bertz CT molecular complexity index is 532. The molecule has 1 aromatic heterocycles. The van der Waals surface area contributed by atoms with Gasteiger partial charge in [0.05, 0.1) is 11.5 Å². The standard InChI is InChI=1S/C14H22N4O2S3/c1-2-18(10-6-4-3-5-7-10)12(20)9-22-14-17-16-13(23-14)21-8-11(15)19/h10H,2-9H2,1H3,(H2,15,19). The summed E-state index contributed by atoms with van der Waals surface area (Å²) >= 11 is 4.09. The number of primary amides is 1. The van der Waals surface area contributed by atoms with Crippen LogP contribution in [0.15, 0.2) is 8.68 Å². The number of hydrogen-bond donors (Lipinski definition) is 1. The molecule has 0 radical (unpaired) electrons. The van der Waals surface area contributed by atoms with Crippen molar-refractivity contribution in [2.24, 2.45) is 5.73 Å². The number of hydrogen-bond acceptors (Lipinski definition) is 7. The van der Waals surface area contributed by atoms with Crippen LogP contribution in [0.5, 0.6) is 0 Å². The Labute approximate surface area is 149 Å². The molecule has 1 aliphatic carbocycles. The number of carbonyl (C=O) groups is 2. The number of aromatic nitrogens is 2. The number of rotatable bonds is 8. The zero-order valence-electron chi connectivity index (χ0n) is 13.2. The van der Waals surface area contributed by atoms with Crippen LogP contribution in [0.2, 0.25) is 0 Å². The Morgan fingerprint density at radius 3 is 2.35 bits per heavy atom. The smallest absolute Gasteiger partial charge is 0.233 e. The maximum absolute atomic E-state index is 12.5. The van der Waals surface area contributed by atoms with Crippen molar-refractivity contribution in [2.75, 3.05) is 18.1 Å². The van der Waals surface area contributed by atoms with Crippen molar-refractivity contribution in [2.45, 2.75) is 53.7 Å². The molecule has 1 aliphatic rings. The molecule has 0 bridgehead atoms. The van der Waals surface area contributed by atoms with Crippen LogP contribution in [0.3, 0.4) is 0 Å². The number of amides is 2. The predicted octanol–water partition coefficient (Wildman–Crippen LogP) is 2.39. The van der Waals surface area contributed by atoms with Gasteiger partial charge in [-0.2, -0.15) is 0 Å². The van der Waals surface area contributed by atoms with Crippen molar-refractivity contribution in [3.05, 3.63) is 0 Å². The molecule has 23 heavy (non-hydrogen) atoms. The summed E-state index contributed by atoms with van der Waals surface area (Å²) in [4.78, 5) is 25.2. The first-order valence-electron chi connectivity index (χ1n) is 7.77. The Balaban J connectivity index is 1.81. The number of carbonyl (C=O) groups excluding carboxylic acids is 2. The van der Waals surface area contributed by atoms with Crippen LogP contribution in [-0.4, -0.2) is 51.0 Å². The third-order valence-electron chi connectivity index (χ3n) is 3.72. The maximum atomic E-state index is 12.5. The van der Waals surface area contributed by atoms with Gasteiger partial charge in [-0.15, -0.1) is 10.2 Å². The Hall–Kier alpha value is -0.800. The molecule has 0 spiro atoms. The van der Waals surface area contributed by atoms with E-state index in [4.69, 9.17) is 5.73 Å². The molecule has 6 nitrogen and oxygen atoms in total. The highest BCUT2D eigenvalue weighted by atomic mass is 32.2. The van der Waals surface area contributed by atoms with Gasteiger partial charge in [-0.3, -0.25) is 9.59 Å². The van der Waals surface area contributed by atoms with Crippen LogP contribution >= 0.6 is 34.9 Å². The molecule has 2 amide bonds. The van der Waals surface area contributed by atoms with E-state index in [1.807, 2.05) is 11.8 Å². The summed E-state index contributed by atoms with van der Waals surface area (Å²) in [6.45, 7) is 2.81. The molecule has 9 heteroatoms. The predicted molar refractivity (Wildman–Crippen MR) is 94.8 cm³/mol. The lowest BCUT2D eigenvalue weighted by atomic mass is 9.94. The average molecular weight is 375 g/mol. The second-order valence-corrected chi connectivity index (χ2v) is 8.77. The van der Waals surface area contributed by atoms with Gasteiger partial charge in [0.15, 0.2) is 8.68 Å². The van der Waals surface area contributed by atoms with E-state index in [1.54, 1.807) is 0 Å². The van der Waals surface area contributed by atoms with Crippen molar-refractivity contribution in [1.82, 2.24) is 15.1 Å². The van der Waals surface area contributed by atoms with Gasteiger partial charge in [-0.05, 0) is 19.8 Å². The molecule has 0 unspecified atom stereocenters. The van der Waals surface area contributed by atoms with Crippen molar-refractivity contribution in [1.29, 1.82) is 0 Å². The molecule has 1 fully saturated rings. The van der Waals surface area contributed by atoms with Crippen molar-refractivity contribution < 1.29 is 9.59 Å². The topological polar surface area (TPSA) is 89.2 Å². The van der Waals surface area contributed by atoms with Gasteiger partial charge in [0.1, 0.15) is 0 Å². The Morgan fingerprint density at radius 2 is 1.78 bits per heavy atom. The van der Waals surface area contributed by atoms with Crippen molar-refractivity contribution >= 4 is 46.7 Å². The van der Waals surface area contributed by atoms with Crippen molar-refractivity contribution in [3.63, 3.8) is 0 Å². The fourth-order valence-corrected chi connectivity index (χ4v) is 5.33. The lowest BCUT2D eigenvalue weighted by Crippen LogP contribution is -2.42. The Morgan fingerprint density at radius 1 is 1.17 bits per heavy atom. The van der Waals surface area contributed by atoms with Gasteiger partial charge in [0, 0.05) is 12.6 Å². The third kappa shape index (κ3) is 5.96. The average Bonchev–Trinajstić information content (AvgIpc) is 3.01. The second-order valence-electron chi connectivity index (χ2n) is 5.35. The summed E-state index contributed by atoms with van der Waals surface area (Å²) in [7, 11) is 0. The summed E-state index contributed by atoms with van der Waals surface area (Å²) < 4.78 is 1.46. The summed E-state index contributed by atoms with van der Waals surface area (Å²) in [5.41, 5.74) is 5.11. The van der Waals surface area contributed by atoms with Gasteiger partial charge in [0.2, 0.25) is 11.8 Å². The van der Waals surface area contributed by atoms with E-state index in [9.17, 15) is 9.59 Å². The lowest BCUT2D eigenvalue weighted by molar-refractivity contribution is -0.131. The van der Waals surface area contributed by atoms with Crippen LogP contribution in [0.25, 0.3) is 0 Å². The second kappa shape index (κ2) is 9.48. The van der Waals surface area contributed by atoms with E-state index >= 15 is 0 Å². The van der Waals surface area contributed by atoms with Gasteiger partial charge in [0.25, 0.3) is 0 Å². The highest BCUT2D eigenvalue weighted by Crippen LogP contribution is 2.29. The fourth-order valence-electron chi connectivity index (χ4n) is 2.68. The van der Waals surface area contributed by atoms with Gasteiger partial charge < -0.3 is 10.6 Å². The van der Waals surface area contributed by atoms with Crippen LogP contribution in [0.1, 0.15) is 39.0 Å². The number of nitrogens with two attached hydrogens (primary N) is 1. The molecule has 0 saturated heterocycles. The zero-order chi connectivity index (χ0) is 16.7. The summed E-state index contributed by atoms with van der Waals surface area (Å²) in [6, 6.07) is 0.401. The minimum Gasteiger partial charge on any atom is -0.369 e. The monoisotopic (exact) mass is 374 g/mol. The van der Waals surface area contributed by atoms with E-state index in [1.165, 1.54) is 54.1 Å². The van der Waals surface area contributed by atoms with E-state index in [-0.39, 0.29) is 17.6 Å². The largest absolute Gasteiger partial charge is 0.369 e. The van der Waals surface area contributed by atoms with Crippen LogP contribution < -0.4 is 5.73 Å². The zero-order valence-corrected chi connectivity index (χ0v) is 15.6. The van der Waals surface area contributed by atoms with Gasteiger partial charge in [-0.1, -0.05) is 54.1 Å². The molecule has 1 saturated carbocycles. The molecule has 1 heterocycles. The van der Waals surface area contributed by atoms with Gasteiger partial charge in [-0.25, -0.2) is 0 Å². The van der Waals surface area contributed by atoms with Crippen LogP contribution in [0.4, 0.5) is 0 Å². The Kier molecular flexibility index (Phi) is 7.64. The van der Waals surface area contributed by atoms with Crippen LogP contribution in [-0.2, 0) is 9.59 Å². The molecule has 0 aromatic carbocycles. The molecular formula is C14H22N4O2S3. The van der Waals surface area contributed by atoms with Crippen molar-refractivity contribution in [3.8, 4) is 0 Å². The quantitative estimate of drug-likeness (QED) is 0.703. The van der Waals surface area contributed by atoms with E-state index in [2.05, 4.69) is 10.2 Å². The maximum Gasteiger partial charge on any atom is 0.233 e. The fraction of sp³-hybridized carbons (Fsp3) is 0.714. The molecule has 2 N–H and O–H groups in total. The first-order valence-corrected chi connectivity index (χ1v) is 10.6. The normalized spacial score (nSPS) is 15.5. The van der Waals surface area contributed by atoms with E-state index in [0.717, 1.165) is 23.7 Å². The minimum absolute atomic E-state index is 0.172. The van der Waals surface area contributed by atoms with E-state index in [0.29, 0.717) is 16.1 Å². The molecule has 128 valence electrons. The van der Waals surface area contributed by atoms with Gasteiger partial charge >= 0.3 is 0 Å².